The van der Waals surface area contributed by atoms with Crippen LogP contribution in [0.5, 0.6) is 5.75 Å². The molecule has 0 saturated heterocycles. The van der Waals surface area contributed by atoms with Gasteiger partial charge in [0.2, 0.25) is 0 Å². The van der Waals surface area contributed by atoms with Gasteiger partial charge in [0.1, 0.15) is 11.4 Å². The largest absolute Gasteiger partial charge is 1.00 e. The minimum absolute atomic E-state index is 0. The molecule has 0 aromatic heterocycles. The molecule has 0 bridgehead atoms. The van der Waals surface area contributed by atoms with Gasteiger partial charge in [-0.05, 0) is 18.6 Å². The van der Waals surface area contributed by atoms with Gasteiger partial charge in [-0.3, -0.25) is 4.48 Å². The number of aryl methyl sites for hydroxylation is 1. The Morgan fingerprint density at radius 2 is 2.11 bits per heavy atom. The van der Waals surface area contributed by atoms with Crippen molar-refractivity contribution in [1.29, 1.82) is 0 Å². The second-order valence-electron chi connectivity index (χ2n) is 5.48. The average Bonchev–Trinajstić information content (AvgIpc) is 2.34. The zero-order valence-electron chi connectivity index (χ0n) is 10.9. The highest BCUT2D eigenvalue weighted by molar-refractivity contribution is 5.63. The first-order valence-electron chi connectivity index (χ1n) is 6.38. The van der Waals surface area contributed by atoms with Crippen LogP contribution in [0, 0.1) is 0 Å². The standard InChI is InChI=1S/C14H20NO2.HI/c1-15-6-3-4-10-8-11(17-2)9-12(14(10)15)13(16)5-7-15;/h8-9,13,16H,3-7H2,1-2H3;1H/q+1;/p-1. The molecular weight excluding hydrogens is 341 g/mol. The van der Waals surface area contributed by atoms with E-state index in [0.717, 1.165) is 35.2 Å². The zero-order valence-corrected chi connectivity index (χ0v) is 13.1. The van der Waals surface area contributed by atoms with E-state index in [0.29, 0.717) is 0 Å². The molecule has 0 radical (unpaired) electrons. The Hall–Kier alpha value is -0.330. The van der Waals surface area contributed by atoms with Crippen molar-refractivity contribution in [3.63, 3.8) is 0 Å². The number of nitrogens with zero attached hydrogens (tertiary/aromatic N) is 1. The Morgan fingerprint density at radius 3 is 2.83 bits per heavy atom. The van der Waals surface area contributed by atoms with Crippen LogP contribution in [0.3, 0.4) is 0 Å². The third-order valence-electron chi connectivity index (χ3n) is 4.32. The Bertz CT molecular complexity index is 463. The van der Waals surface area contributed by atoms with Gasteiger partial charge in [0.05, 0.1) is 33.4 Å². The third-order valence-corrected chi connectivity index (χ3v) is 4.32. The summed E-state index contributed by atoms with van der Waals surface area (Å²) >= 11 is 0. The fraction of sp³-hybridized carbons (Fsp3) is 0.571. The summed E-state index contributed by atoms with van der Waals surface area (Å²) in [5.74, 6) is 0.883. The molecule has 18 heavy (non-hydrogen) atoms. The minimum atomic E-state index is -0.317. The maximum absolute atomic E-state index is 10.2. The predicted octanol–water partition coefficient (Wildman–Crippen LogP) is -0.980. The van der Waals surface area contributed by atoms with Crippen molar-refractivity contribution < 1.29 is 33.8 Å². The highest BCUT2D eigenvalue weighted by Gasteiger charge is 2.40. The molecule has 0 saturated carbocycles. The van der Waals surface area contributed by atoms with Crippen molar-refractivity contribution >= 4 is 5.69 Å². The first kappa shape index (κ1) is 14.1. The van der Waals surface area contributed by atoms with E-state index in [2.05, 4.69) is 13.1 Å². The minimum Gasteiger partial charge on any atom is -1.00 e. The SMILES string of the molecule is COc1cc2c3c(c1)C(O)CC[N+]3(C)CCC2.[I-]. The Balaban J connectivity index is 0.00000120. The zero-order chi connectivity index (χ0) is 12.0. The summed E-state index contributed by atoms with van der Waals surface area (Å²) < 4.78 is 6.34. The van der Waals surface area contributed by atoms with E-state index in [1.807, 2.05) is 6.07 Å². The lowest BCUT2D eigenvalue weighted by Gasteiger charge is -2.44. The van der Waals surface area contributed by atoms with Crippen molar-refractivity contribution in [1.82, 2.24) is 4.48 Å². The fourth-order valence-corrected chi connectivity index (χ4v) is 3.43. The first-order chi connectivity index (χ1) is 8.14. The summed E-state index contributed by atoms with van der Waals surface area (Å²) in [5.41, 5.74) is 3.82. The summed E-state index contributed by atoms with van der Waals surface area (Å²) in [7, 11) is 3.99. The van der Waals surface area contributed by atoms with Crippen LogP contribution >= 0.6 is 0 Å². The number of aliphatic hydroxyl groups excluding tert-OH is 1. The summed E-state index contributed by atoms with van der Waals surface area (Å²) in [5, 5.41) is 10.2. The van der Waals surface area contributed by atoms with Crippen molar-refractivity contribution in [2.24, 2.45) is 0 Å². The molecule has 1 aromatic carbocycles. The molecule has 1 N–H and O–H groups in total. The topological polar surface area (TPSA) is 29.5 Å². The van der Waals surface area contributed by atoms with Crippen LogP contribution in [0.2, 0.25) is 0 Å². The number of methoxy groups -OCH3 is 1. The van der Waals surface area contributed by atoms with Gasteiger partial charge in [-0.2, -0.15) is 0 Å². The fourth-order valence-electron chi connectivity index (χ4n) is 3.43. The number of aliphatic hydroxyl groups is 1. The highest BCUT2D eigenvalue weighted by atomic mass is 127. The molecule has 0 spiro atoms. The molecule has 2 atom stereocenters. The van der Waals surface area contributed by atoms with Gasteiger partial charge in [0.15, 0.2) is 0 Å². The highest BCUT2D eigenvalue weighted by Crippen LogP contribution is 2.45. The molecule has 3 rings (SSSR count). The van der Waals surface area contributed by atoms with Gasteiger partial charge in [-0.15, -0.1) is 0 Å². The number of benzene rings is 1. The van der Waals surface area contributed by atoms with Crippen LogP contribution in [-0.4, -0.2) is 32.4 Å². The van der Waals surface area contributed by atoms with Crippen LogP contribution in [-0.2, 0) is 6.42 Å². The van der Waals surface area contributed by atoms with E-state index < -0.39 is 0 Å². The number of halogens is 1. The smallest absolute Gasteiger partial charge is 0.142 e. The van der Waals surface area contributed by atoms with E-state index >= 15 is 0 Å². The molecule has 2 unspecified atom stereocenters. The van der Waals surface area contributed by atoms with Crippen molar-refractivity contribution in [3.05, 3.63) is 23.3 Å². The number of hydrogen-bond donors (Lipinski definition) is 1. The number of ether oxygens (including phenoxy) is 1. The Labute approximate surface area is 125 Å². The number of quaternary nitrogens is 1. The summed E-state index contributed by atoms with van der Waals surface area (Å²) in [4.78, 5) is 0. The van der Waals surface area contributed by atoms with Gasteiger partial charge >= 0.3 is 0 Å². The van der Waals surface area contributed by atoms with Gasteiger partial charge < -0.3 is 33.8 Å². The molecule has 2 heterocycles. The van der Waals surface area contributed by atoms with Crippen molar-refractivity contribution in [2.45, 2.75) is 25.4 Å². The number of rotatable bonds is 1. The lowest BCUT2D eigenvalue weighted by atomic mass is 9.88. The maximum atomic E-state index is 10.2. The Morgan fingerprint density at radius 1 is 1.33 bits per heavy atom. The molecule has 100 valence electrons. The normalized spacial score (nSPS) is 29.2. The van der Waals surface area contributed by atoms with Gasteiger partial charge in [0.25, 0.3) is 0 Å². The molecule has 2 aliphatic heterocycles. The van der Waals surface area contributed by atoms with E-state index in [9.17, 15) is 5.11 Å². The van der Waals surface area contributed by atoms with Crippen molar-refractivity contribution in [3.8, 4) is 5.75 Å². The van der Waals surface area contributed by atoms with Gasteiger partial charge in [-0.1, -0.05) is 0 Å². The van der Waals surface area contributed by atoms with Crippen LogP contribution in [0.25, 0.3) is 0 Å². The molecule has 4 heteroatoms. The molecule has 0 amide bonds. The van der Waals surface area contributed by atoms with E-state index in [1.54, 1.807) is 7.11 Å². The summed E-state index contributed by atoms with van der Waals surface area (Å²) in [6, 6.07) is 4.16. The monoisotopic (exact) mass is 361 g/mol. The third kappa shape index (κ3) is 2.04. The molecule has 0 aliphatic carbocycles. The molecule has 1 aromatic rings. The van der Waals surface area contributed by atoms with Crippen LogP contribution in [0.15, 0.2) is 12.1 Å². The molecule has 3 nitrogen and oxygen atoms in total. The van der Waals surface area contributed by atoms with E-state index in [4.69, 9.17) is 4.74 Å². The Kier molecular flexibility index (Phi) is 3.90. The first-order valence-corrected chi connectivity index (χ1v) is 6.38. The number of hydrogen-bond acceptors (Lipinski definition) is 2. The van der Waals surface area contributed by atoms with Crippen molar-refractivity contribution in [2.75, 3.05) is 27.2 Å². The van der Waals surface area contributed by atoms with Crippen LogP contribution in [0.1, 0.15) is 30.1 Å². The maximum Gasteiger partial charge on any atom is 0.142 e. The van der Waals surface area contributed by atoms with E-state index in [1.165, 1.54) is 24.2 Å². The molecule has 0 fully saturated rings. The summed E-state index contributed by atoms with van der Waals surface area (Å²) in [6.45, 7) is 2.24. The second kappa shape index (κ2) is 4.98. The van der Waals surface area contributed by atoms with Gasteiger partial charge in [0, 0.05) is 24.0 Å². The molecular formula is C14H20INO2. The second-order valence-corrected chi connectivity index (χ2v) is 5.48. The quantitative estimate of drug-likeness (QED) is 0.515. The van der Waals surface area contributed by atoms with Crippen LogP contribution in [0.4, 0.5) is 5.69 Å². The predicted molar refractivity (Wildman–Crippen MR) is 68.3 cm³/mol. The summed E-state index contributed by atoms with van der Waals surface area (Å²) in [6.07, 6.45) is 2.88. The average molecular weight is 361 g/mol. The van der Waals surface area contributed by atoms with Crippen LogP contribution < -0.4 is 33.2 Å². The van der Waals surface area contributed by atoms with Gasteiger partial charge in [-0.25, -0.2) is 0 Å². The van der Waals surface area contributed by atoms with E-state index in [-0.39, 0.29) is 30.1 Å². The molecule has 2 aliphatic rings. The lowest BCUT2D eigenvalue weighted by Crippen LogP contribution is -3.00. The lowest BCUT2D eigenvalue weighted by molar-refractivity contribution is -0.00000560.